The van der Waals surface area contributed by atoms with Crippen LogP contribution in [-0.4, -0.2) is 60.0 Å². The molecule has 0 aromatic heterocycles. The van der Waals surface area contributed by atoms with Crippen molar-refractivity contribution in [3.8, 4) is 5.75 Å². The van der Waals surface area contributed by atoms with Crippen molar-refractivity contribution in [2.24, 2.45) is 17.8 Å². The van der Waals surface area contributed by atoms with Gasteiger partial charge in [-0.15, -0.1) is 0 Å². The summed E-state index contributed by atoms with van der Waals surface area (Å²) in [7, 11) is 1.30. The van der Waals surface area contributed by atoms with Crippen LogP contribution in [0.1, 0.15) is 63.0 Å². The number of ether oxygens (including phenoxy) is 2. The second kappa shape index (κ2) is 12.7. The van der Waals surface area contributed by atoms with E-state index < -0.39 is 12.2 Å². The molecule has 4 N–H and O–H groups in total. The Bertz CT molecular complexity index is 756. The van der Waals surface area contributed by atoms with Crippen molar-refractivity contribution in [2.45, 2.75) is 83.1 Å². The number of unbranched alkanes of at least 4 members (excludes halogenated alkanes) is 2. The van der Waals surface area contributed by atoms with Gasteiger partial charge >= 0.3 is 5.97 Å². The summed E-state index contributed by atoms with van der Waals surface area (Å²) in [6.07, 6.45) is 6.89. The minimum absolute atomic E-state index is 0.0305. The van der Waals surface area contributed by atoms with Crippen LogP contribution in [0.2, 0.25) is 0 Å². The van der Waals surface area contributed by atoms with Crippen LogP contribution in [-0.2, 0) is 22.4 Å². The van der Waals surface area contributed by atoms with Crippen LogP contribution >= 0.6 is 0 Å². The second-order valence-corrected chi connectivity index (χ2v) is 9.70. The Labute approximate surface area is 197 Å². The Hall–Kier alpha value is -1.67. The maximum Gasteiger partial charge on any atom is 0.319 e. The summed E-state index contributed by atoms with van der Waals surface area (Å²) >= 11 is 0. The molecule has 1 aromatic carbocycles. The van der Waals surface area contributed by atoms with Crippen molar-refractivity contribution in [3.05, 3.63) is 29.3 Å². The summed E-state index contributed by atoms with van der Waals surface area (Å²) in [5, 5.41) is 33.9. The first-order chi connectivity index (χ1) is 15.9. The average Bonchev–Trinajstić information content (AvgIpc) is 3.12. The minimum atomic E-state index is -0.974. The highest BCUT2D eigenvalue weighted by molar-refractivity contribution is 5.71. The second-order valence-electron chi connectivity index (χ2n) is 9.70. The number of carbonyl (C=O) groups excluding carboxylic acids is 1. The molecule has 0 amide bonds. The molecule has 7 nitrogen and oxygen atoms in total. The molecule has 186 valence electrons. The van der Waals surface area contributed by atoms with E-state index in [4.69, 9.17) is 4.74 Å². The molecule has 6 atom stereocenters. The van der Waals surface area contributed by atoms with Crippen molar-refractivity contribution in [1.29, 1.82) is 0 Å². The standard InChI is InChI=1S/C26H41NO6/c1-3-4-5-8-19(28)10-11-20-21-12-17-7-6-9-24(22(17)13-18(21)14-23(20)29)33-16-25(30)27-15-26(31)32-2/h6-7,9,18-21,23,25,27-30H,3-5,8,10-16H2,1-2H3/t18-,19-,20+,21-,23+,25?/m0/s1. The van der Waals surface area contributed by atoms with Gasteiger partial charge in [0.1, 0.15) is 18.6 Å². The van der Waals surface area contributed by atoms with Gasteiger partial charge in [0.15, 0.2) is 0 Å². The normalized spacial score (nSPS) is 25.7. The molecule has 3 rings (SSSR count). The first-order valence-corrected chi connectivity index (χ1v) is 12.5. The molecular weight excluding hydrogens is 422 g/mol. The molecule has 2 aliphatic carbocycles. The minimum Gasteiger partial charge on any atom is -0.489 e. The number of aliphatic hydroxyl groups excluding tert-OH is 3. The van der Waals surface area contributed by atoms with E-state index in [-0.39, 0.29) is 31.3 Å². The molecule has 0 heterocycles. The fourth-order valence-corrected chi connectivity index (χ4v) is 5.60. The van der Waals surface area contributed by atoms with Crippen LogP contribution in [0.25, 0.3) is 0 Å². The topological polar surface area (TPSA) is 108 Å². The van der Waals surface area contributed by atoms with Crippen LogP contribution in [0.5, 0.6) is 5.75 Å². The SMILES string of the molecule is CCCCC[C@H](O)CC[C@@H]1[C@H]2Cc3cccc(OCC(O)NCC(=O)OC)c3C[C@H]2C[C@H]1O. The highest BCUT2D eigenvalue weighted by Crippen LogP contribution is 2.48. The third-order valence-electron chi connectivity index (χ3n) is 7.43. The Morgan fingerprint density at radius 1 is 1.21 bits per heavy atom. The zero-order valence-electron chi connectivity index (χ0n) is 20.0. The lowest BCUT2D eigenvalue weighted by Gasteiger charge is -2.32. The summed E-state index contributed by atoms with van der Waals surface area (Å²) in [5.74, 6) is 1.38. The Morgan fingerprint density at radius 3 is 2.79 bits per heavy atom. The molecule has 2 aliphatic rings. The fourth-order valence-electron chi connectivity index (χ4n) is 5.60. The highest BCUT2D eigenvalue weighted by atomic mass is 16.5. The van der Waals surface area contributed by atoms with Crippen LogP contribution in [0.3, 0.4) is 0 Å². The molecule has 0 radical (unpaired) electrons. The van der Waals surface area contributed by atoms with E-state index in [2.05, 4.69) is 23.0 Å². The molecule has 0 saturated heterocycles. The van der Waals surface area contributed by atoms with Crippen molar-refractivity contribution in [2.75, 3.05) is 20.3 Å². The van der Waals surface area contributed by atoms with Crippen LogP contribution in [0.15, 0.2) is 18.2 Å². The van der Waals surface area contributed by atoms with Crippen LogP contribution in [0, 0.1) is 17.8 Å². The van der Waals surface area contributed by atoms with E-state index in [0.717, 1.165) is 69.1 Å². The number of hydrogen-bond acceptors (Lipinski definition) is 7. The predicted molar refractivity (Wildman–Crippen MR) is 126 cm³/mol. The van der Waals surface area contributed by atoms with Crippen LogP contribution in [0.4, 0.5) is 0 Å². The molecule has 1 aromatic rings. The van der Waals surface area contributed by atoms with Crippen molar-refractivity contribution < 1.29 is 29.6 Å². The molecular formula is C26H41NO6. The van der Waals surface area contributed by atoms with Gasteiger partial charge in [0.25, 0.3) is 0 Å². The molecule has 1 fully saturated rings. The van der Waals surface area contributed by atoms with Crippen molar-refractivity contribution >= 4 is 5.97 Å². The summed E-state index contributed by atoms with van der Waals surface area (Å²) in [4.78, 5) is 11.2. The molecule has 1 saturated carbocycles. The first kappa shape index (κ1) is 25.9. The highest BCUT2D eigenvalue weighted by Gasteiger charge is 2.44. The van der Waals surface area contributed by atoms with E-state index in [1.165, 1.54) is 12.7 Å². The molecule has 1 unspecified atom stereocenters. The number of methoxy groups -OCH3 is 1. The van der Waals surface area contributed by atoms with E-state index in [0.29, 0.717) is 11.8 Å². The molecule has 0 spiro atoms. The number of carbonyl (C=O) groups is 1. The number of esters is 1. The zero-order chi connectivity index (χ0) is 23.8. The van der Waals surface area contributed by atoms with Gasteiger partial charge in [0.2, 0.25) is 0 Å². The lowest BCUT2D eigenvalue weighted by molar-refractivity contribution is -0.140. The van der Waals surface area contributed by atoms with Gasteiger partial charge < -0.3 is 24.8 Å². The van der Waals surface area contributed by atoms with Gasteiger partial charge in [-0.1, -0.05) is 38.3 Å². The lowest BCUT2D eigenvalue weighted by Crippen LogP contribution is -2.38. The van der Waals surface area contributed by atoms with Gasteiger partial charge in [-0.05, 0) is 73.5 Å². The van der Waals surface area contributed by atoms with Crippen molar-refractivity contribution in [3.63, 3.8) is 0 Å². The van der Waals surface area contributed by atoms with Gasteiger partial charge in [0, 0.05) is 0 Å². The number of rotatable bonds is 13. The number of hydrogen-bond donors (Lipinski definition) is 4. The monoisotopic (exact) mass is 463 g/mol. The quantitative estimate of drug-likeness (QED) is 0.202. The molecule has 33 heavy (non-hydrogen) atoms. The van der Waals surface area contributed by atoms with Gasteiger partial charge in [-0.25, -0.2) is 0 Å². The maximum absolute atomic E-state index is 11.2. The molecule has 0 aliphatic heterocycles. The van der Waals surface area contributed by atoms with Gasteiger partial charge in [0.05, 0.1) is 25.9 Å². The summed E-state index contributed by atoms with van der Waals surface area (Å²) in [6.45, 7) is 2.12. The van der Waals surface area contributed by atoms with Crippen LogP contribution < -0.4 is 10.1 Å². The van der Waals surface area contributed by atoms with Crippen molar-refractivity contribution in [1.82, 2.24) is 5.32 Å². The average molecular weight is 464 g/mol. The van der Waals surface area contributed by atoms with E-state index in [1.807, 2.05) is 12.1 Å². The largest absolute Gasteiger partial charge is 0.489 e. The third-order valence-corrected chi connectivity index (χ3v) is 7.43. The Balaban J connectivity index is 1.56. The van der Waals surface area contributed by atoms with E-state index in [9.17, 15) is 20.1 Å². The third kappa shape index (κ3) is 7.15. The fraction of sp³-hybridized carbons (Fsp3) is 0.731. The van der Waals surface area contributed by atoms with Gasteiger partial charge in [-0.2, -0.15) is 0 Å². The molecule has 0 bridgehead atoms. The predicted octanol–water partition coefficient (Wildman–Crippen LogP) is 2.58. The Morgan fingerprint density at radius 2 is 2.03 bits per heavy atom. The summed E-state index contributed by atoms with van der Waals surface area (Å²) in [5.41, 5.74) is 2.40. The Kier molecular flexibility index (Phi) is 9.98. The van der Waals surface area contributed by atoms with E-state index in [1.54, 1.807) is 0 Å². The summed E-state index contributed by atoms with van der Waals surface area (Å²) in [6, 6.07) is 6.02. The van der Waals surface area contributed by atoms with E-state index >= 15 is 0 Å². The smallest absolute Gasteiger partial charge is 0.319 e. The number of benzene rings is 1. The first-order valence-electron chi connectivity index (χ1n) is 12.5. The summed E-state index contributed by atoms with van der Waals surface area (Å²) < 4.78 is 10.5. The maximum atomic E-state index is 11.2. The molecule has 7 heteroatoms. The van der Waals surface area contributed by atoms with Gasteiger partial charge in [-0.3, -0.25) is 10.1 Å². The lowest BCUT2D eigenvalue weighted by atomic mass is 9.73. The number of aliphatic hydroxyl groups is 3. The number of fused-ring (bicyclic) bond motifs is 2. The number of nitrogens with one attached hydrogen (secondary N) is 1. The zero-order valence-corrected chi connectivity index (χ0v) is 20.0.